The number of halogens is 1. The van der Waals surface area contributed by atoms with Gasteiger partial charge in [-0.15, -0.1) is 11.3 Å². The van der Waals surface area contributed by atoms with Gasteiger partial charge in [-0.1, -0.05) is 13.8 Å². The zero-order valence-corrected chi connectivity index (χ0v) is 19.7. The molecule has 172 valence electrons. The number of carbonyl (C=O) groups is 1. The molecule has 0 saturated carbocycles. The summed E-state index contributed by atoms with van der Waals surface area (Å²) in [5.74, 6) is -0.841. The van der Waals surface area contributed by atoms with Crippen molar-refractivity contribution in [3.8, 4) is 0 Å². The number of hydrogen-bond donors (Lipinski definition) is 1. The van der Waals surface area contributed by atoms with E-state index in [0.717, 1.165) is 34.6 Å². The van der Waals surface area contributed by atoms with Crippen molar-refractivity contribution in [2.24, 2.45) is 5.92 Å². The summed E-state index contributed by atoms with van der Waals surface area (Å²) >= 11 is 1.32. The second-order valence-corrected chi connectivity index (χ2v) is 11.0. The van der Waals surface area contributed by atoms with Crippen LogP contribution in [-0.4, -0.2) is 54.7 Å². The molecule has 1 fully saturated rings. The zero-order chi connectivity index (χ0) is 23.0. The van der Waals surface area contributed by atoms with E-state index in [1.54, 1.807) is 6.07 Å². The van der Waals surface area contributed by atoms with Gasteiger partial charge in [-0.2, -0.15) is 9.40 Å². The maximum absolute atomic E-state index is 14.4. The van der Waals surface area contributed by atoms with Crippen molar-refractivity contribution in [1.82, 2.24) is 14.1 Å². The van der Waals surface area contributed by atoms with Gasteiger partial charge in [0.2, 0.25) is 10.0 Å². The molecule has 0 aliphatic carbocycles. The zero-order valence-electron chi connectivity index (χ0n) is 18.1. The third kappa shape index (κ3) is 4.42. The van der Waals surface area contributed by atoms with Crippen LogP contribution >= 0.6 is 11.3 Å². The van der Waals surface area contributed by atoms with E-state index < -0.39 is 20.7 Å². The topological polar surface area (TPSA) is 93.5 Å². The summed E-state index contributed by atoms with van der Waals surface area (Å²) in [6.07, 6.45) is 0. The third-order valence-electron chi connectivity index (χ3n) is 5.15. The quantitative estimate of drug-likeness (QED) is 0.583. The highest BCUT2D eigenvalue weighted by molar-refractivity contribution is 7.89. The Hall–Kier alpha value is -2.34. The molecule has 1 aromatic carbocycles. The molecule has 2 aromatic heterocycles. The van der Waals surface area contributed by atoms with Gasteiger partial charge in [0.1, 0.15) is 15.5 Å². The predicted molar refractivity (Wildman–Crippen MR) is 121 cm³/mol. The molecule has 11 heteroatoms. The minimum absolute atomic E-state index is 0.160. The van der Waals surface area contributed by atoms with E-state index in [2.05, 4.69) is 24.3 Å². The number of carbonyl (C=O) groups excluding carboxylic acids is 1. The van der Waals surface area contributed by atoms with E-state index in [1.807, 2.05) is 11.6 Å². The first kappa shape index (κ1) is 22.8. The molecule has 3 heterocycles. The standard InChI is InChI=1S/C21H25FN4O4S2/c1-13(2)12-26-21-16(14(3)24-26)11-18(31-21)20(27)23-15-4-5-17(22)19(10-15)32(28,29)25-6-8-30-9-7-25/h4-5,10-11,13H,6-9,12H2,1-3H3,(H,23,27). The minimum Gasteiger partial charge on any atom is -0.379 e. The Morgan fingerprint density at radius 1 is 1.28 bits per heavy atom. The fourth-order valence-corrected chi connectivity index (χ4v) is 6.16. The number of anilines is 1. The van der Waals surface area contributed by atoms with E-state index >= 15 is 0 Å². The Morgan fingerprint density at radius 3 is 2.69 bits per heavy atom. The van der Waals surface area contributed by atoms with E-state index in [-0.39, 0.29) is 37.9 Å². The number of nitrogens with zero attached hydrogens (tertiary/aromatic N) is 3. The highest BCUT2D eigenvalue weighted by atomic mass is 32.2. The smallest absolute Gasteiger partial charge is 0.265 e. The number of nitrogens with one attached hydrogen (secondary N) is 1. The highest BCUT2D eigenvalue weighted by Crippen LogP contribution is 2.30. The Morgan fingerprint density at radius 2 is 2.00 bits per heavy atom. The van der Waals surface area contributed by atoms with Gasteiger partial charge in [0.15, 0.2) is 0 Å². The van der Waals surface area contributed by atoms with Crippen LogP contribution in [0.5, 0.6) is 0 Å². The van der Waals surface area contributed by atoms with Crippen LogP contribution in [0.2, 0.25) is 0 Å². The Kier molecular flexibility index (Phi) is 6.35. The van der Waals surface area contributed by atoms with Crippen LogP contribution in [-0.2, 0) is 21.3 Å². The summed E-state index contributed by atoms with van der Waals surface area (Å²) in [7, 11) is -4.03. The van der Waals surface area contributed by atoms with Crippen molar-refractivity contribution in [3.63, 3.8) is 0 Å². The number of fused-ring (bicyclic) bond motifs is 1. The third-order valence-corrected chi connectivity index (χ3v) is 8.21. The Labute approximate surface area is 190 Å². The monoisotopic (exact) mass is 480 g/mol. The number of rotatable bonds is 6. The van der Waals surface area contributed by atoms with Gasteiger partial charge in [0.25, 0.3) is 5.91 Å². The molecule has 1 aliphatic rings. The van der Waals surface area contributed by atoms with Crippen molar-refractivity contribution < 1.29 is 22.3 Å². The predicted octanol–water partition coefficient (Wildman–Crippen LogP) is 3.47. The summed E-state index contributed by atoms with van der Waals surface area (Å²) < 4.78 is 48.4. The molecule has 1 aliphatic heterocycles. The number of amides is 1. The van der Waals surface area contributed by atoms with Crippen LogP contribution in [0.1, 0.15) is 29.2 Å². The van der Waals surface area contributed by atoms with Gasteiger partial charge in [0.05, 0.1) is 23.8 Å². The molecule has 4 rings (SSSR count). The van der Waals surface area contributed by atoms with Gasteiger partial charge in [-0.05, 0) is 37.1 Å². The first-order valence-electron chi connectivity index (χ1n) is 10.3. The Balaban J connectivity index is 1.59. The van der Waals surface area contributed by atoms with Gasteiger partial charge in [-0.25, -0.2) is 12.8 Å². The lowest BCUT2D eigenvalue weighted by Crippen LogP contribution is -2.40. The molecule has 0 bridgehead atoms. The molecule has 8 nitrogen and oxygen atoms in total. The van der Waals surface area contributed by atoms with Crippen molar-refractivity contribution in [2.45, 2.75) is 32.2 Å². The van der Waals surface area contributed by atoms with Crippen molar-refractivity contribution in [3.05, 3.63) is 40.7 Å². The number of sulfonamides is 1. The first-order valence-corrected chi connectivity index (χ1v) is 12.6. The lowest BCUT2D eigenvalue weighted by atomic mass is 10.2. The second-order valence-electron chi connectivity index (χ2n) is 8.11. The number of morpholine rings is 1. The summed E-state index contributed by atoms with van der Waals surface area (Å²) in [6, 6.07) is 5.35. The van der Waals surface area contributed by atoms with Crippen molar-refractivity contribution >= 4 is 43.2 Å². The first-order chi connectivity index (χ1) is 15.2. The van der Waals surface area contributed by atoms with E-state index in [1.165, 1.54) is 21.7 Å². The summed E-state index contributed by atoms with van der Waals surface area (Å²) in [5.41, 5.74) is 1.05. The summed E-state index contributed by atoms with van der Waals surface area (Å²) in [5, 5.41) is 8.15. The van der Waals surface area contributed by atoms with Crippen LogP contribution in [0.25, 0.3) is 10.2 Å². The van der Waals surface area contributed by atoms with Crippen LogP contribution in [0.15, 0.2) is 29.2 Å². The molecular formula is C21H25FN4O4S2. The van der Waals surface area contributed by atoms with Gasteiger partial charge in [0, 0.05) is 30.7 Å². The molecular weight excluding hydrogens is 455 g/mol. The van der Waals surface area contributed by atoms with Crippen LogP contribution < -0.4 is 5.32 Å². The lowest BCUT2D eigenvalue weighted by molar-refractivity contribution is 0.0729. The van der Waals surface area contributed by atoms with Crippen LogP contribution in [0.3, 0.4) is 0 Å². The fourth-order valence-electron chi connectivity index (χ4n) is 3.59. The largest absolute Gasteiger partial charge is 0.379 e. The number of ether oxygens (including phenoxy) is 1. The number of aromatic nitrogens is 2. The lowest BCUT2D eigenvalue weighted by Gasteiger charge is -2.26. The fraction of sp³-hybridized carbons (Fsp3) is 0.429. The minimum atomic E-state index is -4.03. The average Bonchev–Trinajstić information content (AvgIpc) is 3.31. The maximum Gasteiger partial charge on any atom is 0.265 e. The normalized spacial score (nSPS) is 15.5. The van der Waals surface area contributed by atoms with Crippen LogP contribution in [0, 0.1) is 18.7 Å². The van der Waals surface area contributed by atoms with Crippen molar-refractivity contribution in [2.75, 3.05) is 31.6 Å². The van der Waals surface area contributed by atoms with E-state index in [9.17, 15) is 17.6 Å². The molecule has 0 spiro atoms. The second kappa shape index (κ2) is 8.89. The van der Waals surface area contributed by atoms with Gasteiger partial charge >= 0.3 is 0 Å². The number of hydrogen-bond acceptors (Lipinski definition) is 6. The van der Waals surface area contributed by atoms with Crippen LogP contribution in [0.4, 0.5) is 10.1 Å². The average molecular weight is 481 g/mol. The molecule has 0 unspecified atom stereocenters. The van der Waals surface area contributed by atoms with Crippen molar-refractivity contribution in [1.29, 1.82) is 0 Å². The SMILES string of the molecule is Cc1nn(CC(C)C)c2sc(C(=O)Nc3ccc(F)c(S(=O)(=O)N4CCOCC4)c3)cc12. The summed E-state index contributed by atoms with van der Waals surface area (Å²) in [4.78, 5) is 13.8. The van der Waals surface area contributed by atoms with E-state index in [4.69, 9.17) is 4.74 Å². The maximum atomic E-state index is 14.4. The molecule has 1 N–H and O–H groups in total. The number of thiophene rings is 1. The highest BCUT2D eigenvalue weighted by Gasteiger charge is 2.29. The Bertz CT molecular complexity index is 1260. The van der Waals surface area contributed by atoms with E-state index in [0.29, 0.717) is 10.8 Å². The molecule has 0 radical (unpaired) electrons. The molecule has 1 saturated heterocycles. The number of aryl methyl sites for hydroxylation is 1. The number of benzene rings is 1. The molecule has 1 amide bonds. The molecule has 32 heavy (non-hydrogen) atoms. The molecule has 0 atom stereocenters. The molecule has 3 aromatic rings. The summed E-state index contributed by atoms with van der Waals surface area (Å²) in [6.45, 7) is 7.68. The van der Waals surface area contributed by atoms with Gasteiger partial charge in [-0.3, -0.25) is 9.48 Å². The van der Waals surface area contributed by atoms with Gasteiger partial charge < -0.3 is 10.1 Å².